The van der Waals surface area contributed by atoms with Gasteiger partial charge in [0.2, 0.25) is 5.88 Å². The number of ether oxygens (including phenoxy) is 2. The highest BCUT2D eigenvalue weighted by Crippen LogP contribution is 2.33. The summed E-state index contributed by atoms with van der Waals surface area (Å²) in [5.74, 6) is 0.762. The molecule has 0 amide bonds. The highest BCUT2D eigenvalue weighted by atomic mass is 35.5. The number of nitrogens with zero attached hydrogens (tertiary/aromatic N) is 3. The van der Waals surface area contributed by atoms with Crippen LogP contribution in [0.2, 0.25) is 10.0 Å². The average molecular weight is 531 g/mol. The summed E-state index contributed by atoms with van der Waals surface area (Å²) < 4.78 is 11.3. The number of unbranched alkanes of at least 4 members (excludes halogenated alkanes) is 1. The lowest BCUT2D eigenvalue weighted by atomic mass is 10.2. The summed E-state index contributed by atoms with van der Waals surface area (Å²) in [5.41, 5.74) is 1.75. The average Bonchev–Trinajstić information content (AvgIpc) is 2.89. The number of hydrogen-bond acceptors (Lipinski definition) is 7. The van der Waals surface area contributed by atoms with E-state index in [0.29, 0.717) is 35.5 Å². The third-order valence-electron chi connectivity index (χ3n) is 6.22. The Morgan fingerprint density at radius 2 is 1.86 bits per heavy atom. The summed E-state index contributed by atoms with van der Waals surface area (Å²) in [5, 5.41) is 5.13. The Bertz CT molecular complexity index is 1170. The molecule has 1 saturated heterocycles. The molecule has 9 heteroatoms. The van der Waals surface area contributed by atoms with Gasteiger partial charge in [-0.25, -0.2) is 4.98 Å². The molecule has 0 aliphatic carbocycles. The van der Waals surface area contributed by atoms with Gasteiger partial charge in [-0.15, -0.1) is 0 Å². The quantitative estimate of drug-likeness (QED) is 0.275. The first-order valence-corrected chi connectivity index (χ1v) is 13.1. The molecule has 1 aliphatic heterocycles. The monoisotopic (exact) mass is 530 g/mol. The minimum atomic E-state index is -0.307. The van der Waals surface area contributed by atoms with Crippen molar-refractivity contribution in [1.82, 2.24) is 15.2 Å². The van der Waals surface area contributed by atoms with Crippen LogP contribution in [0.1, 0.15) is 19.3 Å². The maximum absolute atomic E-state index is 11.9. The second-order valence-corrected chi connectivity index (χ2v) is 9.57. The number of benzene rings is 2. The Balaban J connectivity index is 1.18. The summed E-state index contributed by atoms with van der Waals surface area (Å²) in [6, 6.07) is 15.2. The van der Waals surface area contributed by atoms with Crippen LogP contribution in [-0.2, 0) is 4.79 Å². The third kappa shape index (κ3) is 7.23. The van der Waals surface area contributed by atoms with Crippen LogP contribution in [0.5, 0.6) is 11.6 Å². The molecule has 1 fully saturated rings. The van der Waals surface area contributed by atoms with Crippen molar-refractivity contribution < 1.29 is 14.3 Å². The van der Waals surface area contributed by atoms with Crippen LogP contribution >= 0.6 is 23.2 Å². The van der Waals surface area contributed by atoms with E-state index in [2.05, 4.69) is 20.1 Å². The molecule has 0 unspecified atom stereocenters. The van der Waals surface area contributed by atoms with Crippen LogP contribution in [0, 0.1) is 0 Å². The fourth-order valence-corrected chi connectivity index (χ4v) is 4.61. The lowest BCUT2D eigenvalue weighted by Crippen LogP contribution is -2.46. The summed E-state index contributed by atoms with van der Waals surface area (Å²) >= 11 is 12.6. The zero-order valence-corrected chi connectivity index (χ0v) is 22.0. The minimum Gasteiger partial charge on any atom is -0.494 e. The number of pyridine rings is 1. The molecule has 0 spiro atoms. The molecule has 1 aliphatic rings. The predicted octanol–water partition coefficient (Wildman–Crippen LogP) is 5.04. The zero-order valence-electron chi connectivity index (χ0n) is 20.5. The molecule has 0 atom stereocenters. The maximum Gasteiger partial charge on any atom is 0.313 e. The maximum atomic E-state index is 11.9. The smallest absolute Gasteiger partial charge is 0.313 e. The first-order chi connectivity index (χ1) is 17.5. The van der Waals surface area contributed by atoms with E-state index in [0.717, 1.165) is 67.9 Å². The number of hydrogen-bond donors (Lipinski definition) is 1. The molecular weight excluding hydrogens is 499 g/mol. The van der Waals surface area contributed by atoms with Crippen molar-refractivity contribution >= 4 is 45.8 Å². The Morgan fingerprint density at radius 3 is 2.67 bits per heavy atom. The van der Waals surface area contributed by atoms with Crippen LogP contribution in [0.4, 0.5) is 5.69 Å². The molecule has 192 valence electrons. The fraction of sp³-hybridized carbons (Fsp3) is 0.407. The molecule has 1 aromatic heterocycles. The van der Waals surface area contributed by atoms with E-state index in [1.807, 2.05) is 42.5 Å². The van der Waals surface area contributed by atoms with Crippen LogP contribution in [0.3, 0.4) is 0 Å². The number of fused-ring (bicyclic) bond motifs is 1. The first-order valence-electron chi connectivity index (χ1n) is 12.3. The number of nitrogens with one attached hydrogen (secondary N) is 1. The Morgan fingerprint density at radius 1 is 1.06 bits per heavy atom. The summed E-state index contributed by atoms with van der Waals surface area (Å²) in [4.78, 5) is 21.1. The van der Waals surface area contributed by atoms with E-state index in [1.54, 1.807) is 13.1 Å². The highest BCUT2D eigenvalue weighted by Gasteiger charge is 2.19. The number of esters is 1. The van der Waals surface area contributed by atoms with Crippen LogP contribution in [0.15, 0.2) is 48.5 Å². The highest BCUT2D eigenvalue weighted by molar-refractivity contribution is 6.43. The Hall–Kier alpha value is -2.58. The van der Waals surface area contributed by atoms with Crippen molar-refractivity contribution in [3.05, 3.63) is 58.6 Å². The van der Waals surface area contributed by atoms with Gasteiger partial charge in [0.25, 0.3) is 0 Å². The second-order valence-electron chi connectivity index (χ2n) is 8.79. The fourth-order valence-electron chi connectivity index (χ4n) is 4.20. The number of piperazine rings is 1. The van der Waals surface area contributed by atoms with Gasteiger partial charge in [0, 0.05) is 50.2 Å². The van der Waals surface area contributed by atoms with Crippen molar-refractivity contribution in [1.29, 1.82) is 0 Å². The minimum absolute atomic E-state index is 0.297. The van der Waals surface area contributed by atoms with Crippen molar-refractivity contribution in [2.24, 2.45) is 0 Å². The predicted molar refractivity (Wildman–Crippen MR) is 146 cm³/mol. The van der Waals surface area contributed by atoms with E-state index in [1.165, 1.54) is 0 Å². The summed E-state index contributed by atoms with van der Waals surface area (Å²) in [7, 11) is 1.80. The van der Waals surface area contributed by atoms with E-state index in [4.69, 9.17) is 32.7 Å². The van der Waals surface area contributed by atoms with Gasteiger partial charge in [-0.2, -0.15) is 0 Å². The number of carbonyl (C=O) groups excluding carboxylic acids is 1. The van der Waals surface area contributed by atoms with Crippen molar-refractivity contribution in [2.45, 2.75) is 19.3 Å². The molecule has 0 saturated carbocycles. The van der Waals surface area contributed by atoms with Crippen molar-refractivity contribution in [3.8, 4) is 11.6 Å². The molecule has 2 aromatic carbocycles. The number of aromatic nitrogens is 1. The molecule has 0 bridgehead atoms. The van der Waals surface area contributed by atoms with E-state index in [-0.39, 0.29) is 5.97 Å². The van der Waals surface area contributed by atoms with Gasteiger partial charge in [-0.1, -0.05) is 29.3 Å². The van der Waals surface area contributed by atoms with Crippen LogP contribution in [0.25, 0.3) is 10.9 Å². The zero-order chi connectivity index (χ0) is 25.3. The van der Waals surface area contributed by atoms with Gasteiger partial charge in [0.15, 0.2) is 0 Å². The molecular formula is C27H32Cl2N4O3. The number of halogens is 2. The SMILES string of the molecule is CNCCC(=O)Oc1ccc2ccc(OCCCCN3CCN(c4cccc(Cl)c4Cl)CC3)cc2n1. The lowest BCUT2D eigenvalue weighted by molar-refractivity contribution is -0.134. The third-order valence-corrected chi connectivity index (χ3v) is 7.03. The first kappa shape index (κ1) is 26.5. The van der Waals surface area contributed by atoms with E-state index < -0.39 is 0 Å². The van der Waals surface area contributed by atoms with Gasteiger partial charge in [0.05, 0.1) is 34.3 Å². The Kier molecular flexibility index (Phi) is 9.64. The molecule has 3 aromatic rings. The van der Waals surface area contributed by atoms with Gasteiger partial charge >= 0.3 is 5.97 Å². The molecule has 36 heavy (non-hydrogen) atoms. The van der Waals surface area contributed by atoms with E-state index >= 15 is 0 Å². The molecule has 4 rings (SSSR count). The van der Waals surface area contributed by atoms with Crippen molar-refractivity contribution in [2.75, 3.05) is 57.8 Å². The second kappa shape index (κ2) is 13.1. The molecule has 1 N–H and O–H groups in total. The lowest BCUT2D eigenvalue weighted by Gasteiger charge is -2.36. The Labute approximate surface area is 222 Å². The van der Waals surface area contributed by atoms with Crippen molar-refractivity contribution in [3.63, 3.8) is 0 Å². The molecule has 0 radical (unpaired) electrons. The topological polar surface area (TPSA) is 66.9 Å². The largest absolute Gasteiger partial charge is 0.494 e. The normalized spacial score (nSPS) is 14.2. The number of rotatable bonds is 11. The van der Waals surface area contributed by atoms with Crippen LogP contribution in [-0.4, -0.2) is 68.8 Å². The van der Waals surface area contributed by atoms with Gasteiger partial charge in [-0.05, 0) is 56.8 Å². The standard InChI is InChI=1S/C27H32Cl2N4O3/c1-30-12-11-26(34)36-25-10-8-20-7-9-21(19-23(20)31-25)35-18-3-2-13-32-14-16-33(17-15-32)24-6-4-5-22(28)27(24)29/h4-10,19,30H,2-3,11-18H2,1H3. The van der Waals surface area contributed by atoms with Gasteiger partial charge in [-0.3, -0.25) is 9.69 Å². The van der Waals surface area contributed by atoms with E-state index in [9.17, 15) is 4.79 Å². The summed E-state index contributed by atoms with van der Waals surface area (Å²) in [6.07, 6.45) is 2.33. The van der Waals surface area contributed by atoms with Gasteiger partial charge < -0.3 is 19.7 Å². The van der Waals surface area contributed by atoms with Crippen LogP contribution < -0.4 is 19.7 Å². The number of anilines is 1. The summed E-state index contributed by atoms with van der Waals surface area (Å²) in [6.45, 7) is 6.13. The molecule has 7 nitrogen and oxygen atoms in total. The number of carbonyl (C=O) groups is 1. The van der Waals surface area contributed by atoms with Gasteiger partial charge in [0.1, 0.15) is 5.75 Å². The molecule has 2 heterocycles.